The van der Waals surface area contributed by atoms with Gasteiger partial charge in [0.15, 0.2) is 0 Å². The molecule has 0 aliphatic carbocycles. The molecule has 3 aliphatic rings. The van der Waals surface area contributed by atoms with E-state index in [9.17, 15) is 4.79 Å². The van der Waals surface area contributed by atoms with Crippen molar-refractivity contribution in [3.8, 4) is 5.88 Å². The molecule has 1 aromatic rings. The van der Waals surface area contributed by atoms with Gasteiger partial charge >= 0.3 is 0 Å². The van der Waals surface area contributed by atoms with Crippen molar-refractivity contribution in [3.05, 3.63) is 24.4 Å². The Hall–Kier alpha value is -1.27. The summed E-state index contributed by atoms with van der Waals surface area (Å²) < 4.78 is 11.5. The molecule has 124 valence electrons. The normalized spacial score (nSPS) is 27.0. The van der Waals surface area contributed by atoms with Crippen LogP contribution in [0.1, 0.15) is 19.3 Å². The Labute approximate surface area is 140 Å². The van der Waals surface area contributed by atoms with Crippen molar-refractivity contribution in [3.63, 3.8) is 0 Å². The number of hydrogen-bond donors (Lipinski definition) is 0. The number of carbonyl (C=O) groups is 1. The van der Waals surface area contributed by atoms with Crippen molar-refractivity contribution >= 4 is 17.7 Å². The van der Waals surface area contributed by atoms with Crippen LogP contribution in [0.25, 0.3) is 0 Å². The van der Waals surface area contributed by atoms with E-state index in [2.05, 4.69) is 4.98 Å². The number of ether oxygens (including phenoxy) is 2. The number of likely N-dealkylation sites (tertiary alicyclic amines) is 1. The SMILES string of the molecule is O=C(C1CCOCC1)N1CC2(CC(Oc3ccccn3)CS2)C1. The van der Waals surface area contributed by atoms with Crippen LogP contribution in [0, 0.1) is 5.92 Å². The highest BCUT2D eigenvalue weighted by atomic mass is 32.2. The van der Waals surface area contributed by atoms with E-state index in [1.54, 1.807) is 6.20 Å². The van der Waals surface area contributed by atoms with Crippen LogP contribution in [-0.4, -0.2) is 58.7 Å². The minimum atomic E-state index is 0.174. The number of thioether (sulfide) groups is 1. The van der Waals surface area contributed by atoms with Crippen LogP contribution in [0.15, 0.2) is 24.4 Å². The molecule has 6 heteroatoms. The van der Waals surface area contributed by atoms with E-state index in [1.807, 2.05) is 34.9 Å². The van der Waals surface area contributed by atoms with Gasteiger partial charge in [0, 0.05) is 56.7 Å². The molecule has 0 saturated carbocycles. The zero-order chi connectivity index (χ0) is 15.7. The molecule has 1 spiro atoms. The van der Waals surface area contributed by atoms with Crippen LogP contribution >= 0.6 is 11.8 Å². The van der Waals surface area contributed by atoms with Crippen LogP contribution in [0.4, 0.5) is 0 Å². The maximum Gasteiger partial charge on any atom is 0.225 e. The summed E-state index contributed by atoms with van der Waals surface area (Å²) in [5, 5.41) is 0. The number of rotatable bonds is 3. The minimum absolute atomic E-state index is 0.174. The molecule has 1 amide bonds. The monoisotopic (exact) mass is 334 g/mol. The van der Waals surface area contributed by atoms with E-state index in [-0.39, 0.29) is 16.8 Å². The lowest BCUT2D eigenvalue weighted by atomic mass is 9.89. The van der Waals surface area contributed by atoms with Gasteiger partial charge in [0.1, 0.15) is 6.10 Å². The Morgan fingerprint density at radius 3 is 2.91 bits per heavy atom. The second-order valence-electron chi connectivity index (χ2n) is 6.69. The highest BCUT2D eigenvalue weighted by molar-refractivity contribution is 8.01. The summed E-state index contributed by atoms with van der Waals surface area (Å²) in [6.45, 7) is 3.19. The number of hydrogen-bond acceptors (Lipinski definition) is 5. The van der Waals surface area contributed by atoms with E-state index >= 15 is 0 Å². The average molecular weight is 334 g/mol. The van der Waals surface area contributed by atoms with Crippen molar-refractivity contribution in [1.29, 1.82) is 0 Å². The summed E-state index contributed by atoms with van der Waals surface area (Å²) in [6, 6.07) is 5.73. The molecule has 23 heavy (non-hydrogen) atoms. The summed E-state index contributed by atoms with van der Waals surface area (Å²) in [5.74, 6) is 2.18. The van der Waals surface area contributed by atoms with Gasteiger partial charge in [-0.2, -0.15) is 0 Å². The first-order valence-corrected chi connectivity index (χ1v) is 9.31. The van der Waals surface area contributed by atoms with Crippen LogP contribution in [0.3, 0.4) is 0 Å². The first kappa shape index (κ1) is 15.3. The number of aromatic nitrogens is 1. The molecule has 3 saturated heterocycles. The lowest BCUT2D eigenvalue weighted by molar-refractivity contribution is -0.144. The fraction of sp³-hybridized carbons (Fsp3) is 0.647. The van der Waals surface area contributed by atoms with Crippen molar-refractivity contribution < 1.29 is 14.3 Å². The molecular formula is C17H22N2O3S. The predicted octanol–water partition coefficient (Wildman–Crippen LogP) is 1.97. The Balaban J connectivity index is 1.28. The molecule has 1 unspecified atom stereocenters. The molecular weight excluding hydrogens is 312 g/mol. The second-order valence-corrected chi connectivity index (χ2v) is 8.17. The fourth-order valence-electron chi connectivity index (χ4n) is 3.69. The van der Waals surface area contributed by atoms with Gasteiger partial charge in [0.25, 0.3) is 0 Å². The van der Waals surface area contributed by atoms with Crippen molar-refractivity contribution in [2.45, 2.75) is 30.1 Å². The van der Waals surface area contributed by atoms with Gasteiger partial charge in [-0.05, 0) is 18.9 Å². The molecule has 4 rings (SSSR count). The molecule has 1 atom stereocenters. The second kappa shape index (κ2) is 6.32. The zero-order valence-electron chi connectivity index (χ0n) is 13.1. The Morgan fingerprint density at radius 2 is 2.17 bits per heavy atom. The molecule has 3 fully saturated rings. The third-order valence-corrected chi connectivity index (χ3v) is 6.52. The van der Waals surface area contributed by atoms with E-state index in [0.29, 0.717) is 11.8 Å². The first-order valence-electron chi connectivity index (χ1n) is 8.32. The van der Waals surface area contributed by atoms with E-state index in [0.717, 1.165) is 51.3 Å². The van der Waals surface area contributed by atoms with E-state index in [4.69, 9.17) is 9.47 Å². The fourth-order valence-corrected chi connectivity index (χ4v) is 5.22. The lowest BCUT2D eigenvalue weighted by Gasteiger charge is -2.48. The number of carbonyl (C=O) groups excluding carboxylic acids is 1. The largest absolute Gasteiger partial charge is 0.473 e. The van der Waals surface area contributed by atoms with E-state index in [1.165, 1.54) is 0 Å². The third kappa shape index (κ3) is 3.19. The van der Waals surface area contributed by atoms with Crippen LogP contribution in [-0.2, 0) is 9.53 Å². The van der Waals surface area contributed by atoms with Gasteiger partial charge in [-0.25, -0.2) is 4.98 Å². The van der Waals surface area contributed by atoms with Crippen molar-refractivity contribution in [2.75, 3.05) is 32.1 Å². The molecule has 1 aromatic heterocycles. The lowest BCUT2D eigenvalue weighted by Crippen LogP contribution is -2.62. The summed E-state index contributed by atoms with van der Waals surface area (Å²) in [4.78, 5) is 18.8. The van der Waals surface area contributed by atoms with Crippen molar-refractivity contribution in [2.24, 2.45) is 5.92 Å². The topological polar surface area (TPSA) is 51.7 Å². The maximum absolute atomic E-state index is 12.5. The number of nitrogens with zero attached hydrogens (tertiary/aromatic N) is 2. The quantitative estimate of drug-likeness (QED) is 0.846. The molecule has 3 aliphatic heterocycles. The summed E-state index contributed by atoms with van der Waals surface area (Å²) in [5.41, 5.74) is 0. The van der Waals surface area contributed by atoms with Gasteiger partial charge in [-0.3, -0.25) is 4.79 Å². The summed E-state index contributed by atoms with van der Waals surface area (Å²) in [6.07, 6.45) is 4.72. The predicted molar refractivity (Wildman–Crippen MR) is 88.6 cm³/mol. The zero-order valence-corrected chi connectivity index (χ0v) is 14.0. The van der Waals surface area contributed by atoms with Gasteiger partial charge in [0.2, 0.25) is 11.8 Å². The van der Waals surface area contributed by atoms with Crippen LogP contribution < -0.4 is 4.74 Å². The molecule has 0 radical (unpaired) electrons. The smallest absolute Gasteiger partial charge is 0.225 e. The summed E-state index contributed by atoms with van der Waals surface area (Å²) >= 11 is 1.96. The molecule has 0 N–H and O–H groups in total. The molecule has 0 bridgehead atoms. The standard InChI is InChI=1S/C17H22N2O3S/c20-16(13-4-7-21-8-5-13)19-11-17(12-19)9-14(10-23-17)22-15-3-1-2-6-18-15/h1-3,6,13-14H,4-5,7-12H2. The summed E-state index contributed by atoms with van der Waals surface area (Å²) in [7, 11) is 0. The Morgan fingerprint density at radius 1 is 1.35 bits per heavy atom. The van der Waals surface area contributed by atoms with Crippen LogP contribution in [0.5, 0.6) is 5.88 Å². The Bertz CT molecular complexity index is 556. The highest BCUT2D eigenvalue weighted by Crippen LogP contribution is 2.46. The number of pyridine rings is 1. The number of amides is 1. The van der Waals surface area contributed by atoms with Gasteiger partial charge in [-0.1, -0.05) is 6.07 Å². The maximum atomic E-state index is 12.5. The highest BCUT2D eigenvalue weighted by Gasteiger charge is 2.52. The van der Waals surface area contributed by atoms with Crippen molar-refractivity contribution in [1.82, 2.24) is 9.88 Å². The minimum Gasteiger partial charge on any atom is -0.473 e. The molecule has 0 aromatic carbocycles. The Kier molecular flexibility index (Phi) is 4.20. The molecule has 5 nitrogen and oxygen atoms in total. The van der Waals surface area contributed by atoms with Gasteiger partial charge < -0.3 is 14.4 Å². The average Bonchev–Trinajstić information content (AvgIpc) is 2.99. The van der Waals surface area contributed by atoms with E-state index < -0.39 is 0 Å². The molecule has 4 heterocycles. The third-order valence-electron chi connectivity index (χ3n) is 4.94. The van der Waals surface area contributed by atoms with Gasteiger partial charge in [-0.15, -0.1) is 11.8 Å². The van der Waals surface area contributed by atoms with Crippen LogP contribution in [0.2, 0.25) is 0 Å². The first-order chi connectivity index (χ1) is 11.2. The van der Waals surface area contributed by atoms with Gasteiger partial charge in [0.05, 0.1) is 4.75 Å².